The fraction of sp³-hybridized carbons (Fsp3) is 0.533. The molecule has 112 valence electrons. The van der Waals surface area contributed by atoms with Crippen LogP contribution >= 0.6 is 11.6 Å². The molecular weight excluding hydrogens is 281 g/mol. The van der Waals surface area contributed by atoms with Crippen LogP contribution in [0.4, 0.5) is 4.39 Å². The third kappa shape index (κ3) is 5.88. The van der Waals surface area contributed by atoms with Crippen molar-refractivity contribution in [2.45, 2.75) is 39.7 Å². The van der Waals surface area contributed by atoms with Crippen LogP contribution in [0.25, 0.3) is 0 Å². The molecule has 3 nitrogen and oxygen atoms in total. The molecule has 0 heterocycles. The van der Waals surface area contributed by atoms with Crippen molar-refractivity contribution in [1.82, 2.24) is 5.32 Å². The van der Waals surface area contributed by atoms with Crippen LogP contribution < -0.4 is 5.32 Å². The number of nitrogens with one attached hydrogen (secondary N) is 1. The van der Waals surface area contributed by atoms with Crippen LogP contribution in [-0.4, -0.2) is 17.6 Å². The predicted molar refractivity (Wildman–Crippen MR) is 78.4 cm³/mol. The van der Waals surface area contributed by atoms with E-state index in [4.69, 9.17) is 16.7 Å². The molecule has 0 fully saturated rings. The fourth-order valence-electron chi connectivity index (χ4n) is 1.91. The van der Waals surface area contributed by atoms with E-state index in [9.17, 15) is 9.18 Å². The second kappa shape index (κ2) is 7.60. The Bertz CT molecular complexity index is 463. The van der Waals surface area contributed by atoms with E-state index in [1.807, 2.05) is 13.8 Å². The van der Waals surface area contributed by atoms with Crippen LogP contribution in [0.2, 0.25) is 5.02 Å². The van der Waals surface area contributed by atoms with Gasteiger partial charge in [-0.2, -0.15) is 0 Å². The van der Waals surface area contributed by atoms with Crippen LogP contribution in [0, 0.1) is 11.2 Å². The van der Waals surface area contributed by atoms with Gasteiger partial charge in [0.25, 0.3) is 0 Å². The molecule has 0 saturated carbocycles. The largest absolute Gasteiger partial charge is 0.481 e. The molecule has 0 aliphatic carbocycles. The van der Waals surface area contributed by atoms with Gasteiger partial charge >= 0.3 is 5.97 Å². The summed E-state index contributed by atoms with van der Waals surface area (Å²) in [5, 5.41) is 12.0. The van der Waals surface area contributed by atoms with E-state index < -0.39 is 5.97 Å². The lowest BCUT2D eigenvalue weighted by atomic mass is 9.84. The normalized spacial score (nSPS) is 11.6. The Balaban J connectivity index is 2.34. The van der Waals surface area contributed by atoms with Crippen LogP contribution in [0.5, 0.6) is 0 Å². The summed E-state index contributed by atoms with van der Waals surface area (Å²) < 4.78 is 13.6. The highest BCUT2D eigenvalue weighted by Gasteiger charge is 2.18. The van der Waals surface area contributed by atoms with Gasteiger partial charge in [0.15, 0.2) is 0 Å². The van der Waals surface area contributed by atoms with E-state index in [0.717, 1.165) is 6.42 Å². The second-order valence-electron chi connectivity index (χ2n) is 5.70. The molecule has 0 aromatic heterocycles. The zero-order chi connectivity index (χ0) is 15.2. The van der Waals surface area contributed by atoms with Crippen molar-refractivity contribution in [2.75, 3.05) is 6.54 Å². The van der Waals surface area contributed by atoms with Crippen molar-refractivity contribution in [3.63, 3.8) is 0 Å². The zero-order valence-electron chi connectivity index (χ0n) is 11.9. The van der Waals surface area contributed by atoms with Crippen LogP contribution in [-0.2, 0) is 11.3 Å². The van der Waals surface area contributed by atoms with E-state index in [1.54, 1.807) is 12.1 Å². The molecule has 0 radical (unpaired) electrons. The Kier molecular flexibility index (Phi) is 6.43. The zero-order valence-corrected chi connectivity index (χ0v) is 12.6. The number of hydrogen-bond acceptors (Lipinski definition) is 2. The number of carboxylic acids is 1. The van der Waals surface area contributed by atoms with Gasteiger partial charge < -0.3 is 10.4 Å². The topological polar surface area (TPSA) is 49.3 Å². The summed E-state index contributed by atoms with van der Waals surface area (Å²) in [7, 11) is 0. The molecular formula is C15H21ClFNO2. The van der Waals surface area contributed by atoms with Crippen LogP contribution in [0.15, 0.2) is 18.2 Å². The molecule has 20 heavy (non-hydrogen) atoms. The molecule has 0 bridgehead atoms. The van der Waals surface area contributed by atoms with Gasteiger partial charge in [0.2, 0.25) is 0 Å². The standard InChI is InChI=1S/C15H21ClFNO2/c1-15(2,7-6-13(19)20)8-9-18-10-11-4-3-5-12(16)14(11)17/h3-5,18H,6-10H2,1-2H3,(H,19,20). The molecule has 0 unspecified atom stereocenters. The Morgan fingerprint density at radius 2 is 2.10 bits per heavy atom. The van der Waals surface area contributed by atoms with E-state index >= 15 is 0 Å². The maximum absolute atomic E-state index is 13.6. The van der Waals surface area contributed by atoms with E-state index in [1.165, 1.54) is 6.07 Å². The van der Waals surface area contributed by atoms with Crippen LogP contribution in [0.3, 0.4) is 0 Å². The average molecular weight is 302 g/mol. The highest BCUT2D eigenvalue weighted by molar-refractivity contribution is 6.30. The first-order valence-corrected chi connectivity index (χ1v) is 7.05. The number of halogens is 2. The molecule has 1 rings (SSSR count). The van der Waals surface area contributed by atoms with Gasteiger partial charge in [0, 0.05) is 18.5 Å². The molecule has 1 aromatic rings. The van der Waals surface area contributed by atoms with Crippen molar-refractivity contribution in [2.24, 2.45) is 5.41 Å². The molecule has 0 amide bonds. The summed E-state index contributed by atoms with van der Waals surface area (Å²) in [6, 6.07) is 4.94. The van der Waals surface area contributed by atoms with Gasteiger partial charge in [-0.3, -0.25) is 4.79 Å². The van der Waals surface area contributed by atoms with Crippen LogP contribution in [0.1, 0.15) is 38.7 Å². The SMILES string of the molecule is CC(C)(CCNCc1cccc(Cl)c1F)CCC(=O)O. The Hall–Kier alpha value is -1.13. The van der Waals surface area contributed by atoms with Gasteiger partial charge in [-0.25, -0.2) is 4.39 Å². The maximum atomic E-state index is 13.6. The first-order chi connectivity index (χ1) is 9.32. The smallest absolute Gasteiger partial charge is 0.303 e. The highest BCUT2D eigenvalue weighted by atomic mass is 35.5. The molecule has 0 aliphatic rings. The first-order valence-electron chi connectivity index (χ1n) is 6.67. The molecule has 0 saturated heterocycles. The third-order valence-corrected chi connectivity index (χ3v) is 3.63. The first kappa shape index (κ1) is 16.9. The minimum absolute atomic E-state index is 0.0434. The monoisotopic (exact) mass is 301 g/mol. The molecule has 2 N–H and O–H groups in total. The van der Waals surface area contributed by atoms with E-state index in [-0.39, 0.29) is 22.7 Å². The number of benzene rings is 1. The summed E-state index contributed by atoms with van der Waals surface area (Å²) in [6.07, 6.45) is 1.65. The summed E-state index contributed by atoms with van der Waals surface area (Å²) >= 11 is 5.71. The molecule has 5 heteroatoms. The molecule has 1 aromatic carbocycles. The maximum Gasteiger partial charge on any atom is 0.303 e. The quantitative estimate of drug-likeness (QED) is 0.717. The number of carboxylic acid groups (broad SMARTS) is 1. The molecule has 0 aliphatic heterocycles. The van der Waals surface area contributed by atoms with Gasteiger partial charge in [0.1, 0.15) is 5.82 Å². The molecule has 0 spiro atoms. The van der Waals surface area contributed by atoms with Crippen molar-refractivity contribution in [3.05, 3.63) is 34.6 Å². The van der Waals surface area contributed by atoms with Crippen molar-refractivity contribution in [1.29, 1.82) is 0 Å². The molecule has 0 atom stereocenters. The second-order valence-corrected chi connectivity index (χ2v) is 6.10. The third-order valence-electron chi connectivity index (χ3n) is 3.34. The van der Waals surface area contributed by atoms with Gasteiger partial charge in [-0.1, -0.05) is 37.6 Å². The van der Waals surface area contributed by atoms with Crippen molar-refractivity contribution < 1.29 is 14.3 Å². The highest BCUT2D eigenvalue weighted by Crippen LogP contribution is 2.26. The van der Waals surface area contributed by atoms with E-state index in [2.05, 4.69) is 5.32 Å². The Morgan fingerprint density at radius 3 is 2.75 bits per heavy atom. The summed E-state index contributed by atoms with van der Waals surface area (Å²) in [5.41, 5.74) is 0.499. The lowest BCUT2D eigenvalue weighted by Crippen LogP contribution is -2.23. The number of hydrogen-bond donors (Lipinski definition) is 2. The van der Waals surface area contributed by atoms with Crippen molar-refractivity contribution >= 4 is 17.6 Å². The lowest BCUT2D eigenvalue weighted by Gasteiger charge is -2.23. The Labute approximate surface area is 124 Å². The number of aliphatic carboxylic acids is 1. The Morgan fingerprint density at radius 1 is 1.40 bits per heavy atom. The van der Waals surface area contributed by atoms with Gasteiger partial charge in [-0.05, 0) is 30.9 Å². The lowest BCUT2D eigenvalue weighted by molar-refractivity contribution is -0.137. The van der Waals surface area contributed by atoms with E-state index in [0.29, 0.717) is 25.1 Å². The number of carbonyl (C=O) groups is 1. The van der Waals surface area contributed by atoms with Crippen molar-refractivity contribution in [3.8, 4) is 0 Å². The summed E-state index contributed by atoms with van der Waals surface area (Å²) in [5.74, 6) is -1.15. The minimum atomic E-state index is -0.771. The van der Waals surface area contributed by atoms with Gasteiger partial charge in [-0.15, -0.1) is 0 Å². The average Bonchev–Trinajstić information content (AvgIpc) is 2.37. The number of rotatable bonds is 8. The summed E-state index contributed by atoms with van der Waals surface area (Å²) in [6.45, 7) is 5.20. The van der Waals surface area contributed by atoms with Gasteiger partial charge in [0.05, 0.1) is 5.02 Å². The minimum Gasteiger partial charge on any atom is -0.481 e. The fourth-order valence-corrected chi connectivity index (χ4v) is 2.10. The predicted octanol–water partition coefficient (Wildman–Crippen LogP) is 3.85. The summed E-state index contributed by atoms with van der Waals surface area (Å²) in [4.78, 5) is 10.6.